The summed E-state index contributed by atoms with van der Waals surface area (Å²) < 4.78 is 5.41. The van der Waals surface area contributed by atoms with Crippen molar-refractivity contribution in [2.24, 2.45) is 0 Å². The summed E-state index contributed by atoms with van der Waals surface area (Å²) in [6.07, 6.45) is 0.435. The monoisotopic (exact) mass is 412 g/mol. The van der Waals surface area contributed by atoms with Gasteiger partial charge in [-0.2, -0.15) is 0 Å². The van der Waals surface area contributed by atoms with Crippen molar-refractivity contribution >= 4 is 22.7 Å². The predicted molar refractivity (Wildman–Crippen MR) is 117 cm³/mol. The fourth-order valence-electron chi connectivity index (χ4n) is 3.39. The van der Waals surface area contributed by atoms with Crippen LogP contribution in [-0.4, -0.2) is 22.2 Å². The number of carbonyl (C=O) groups is 2. The van der Waals surface area contributed by atoms with Gasteiger partial charge in [-0.15, -0.1) is 0 Å². The average Bonchev–Trinajstić information content (AvgIpc) is 2.78. The Bertz CT molecular complexity index is 1240. The van der Waals surface area contributed by atoms with Crippen molar-refractivity contribution in [1.29, 1.82) is 0 Å². The molecule has 0 aliphatic rings. The first kappa shape index (κ1) is 20.2. The molecule has 0 saturated heterocycles. The van der Waals surface area contributed by atoms with Gasteiger partial charge in [0.2, 0.25) is 0 Å². The van der Waals surface area contributed by atoms with E-state index in [9.17, 15) is 14.7 Å². The second kappa shape index (κ2) is 8.71. The minimum absolute atomic E-state index is 0.147. The Hall–Kier alpha value is -4.12. The number of carboxylic acid groups (broad SMARTS) is 1. The van der Waals surface area contributed by atoms with E-state index in [0.29, 0.717) is 17.5 Å². The zero-order chi connectivity index (χ0) is 21.8. The molecular weight excluding hydrogens is 392 g/mol. The molecule has 154 valence electrons. The Morgan fingerprint density at radius 3 is 2.16 bits per heavy atom. The maximum atomic E-state index is 12.5. The second-order valence-electron chi connectivity index (χ2n) is 7.28. The Labute approximate surface area is 179 Å². The van der Waals surface area contributed by atoms with E-state index in [2.05, 4.69) is 0 Å². The maximum absolute atomic E-state index is 12.5. The third kappa shape index (κ3) is 4.73. The third-order valence-corrected chi connectivity index (χ3v) is 5.08. The zero-order valence-corrected chi connectivity index (χ0v) is 16.6. The molecule has 0 atom stereocenters. The van der Waals surface area contributed by atoms with E-state index in [1.54, 1.807) is 36.4 Å². The highest BCUT2D eigenvalue weighted by molar-refractivity contribution is 5.96. The van der Waals surface area contributed by atoms with Crippen LogP contribution in [0.15, 0.2) is 84.9 Å². The van der Waals surface area contributed by atoms with Crippen LogP contribution in [0.2, 0.25) is 0 Å². The van der Waals surface area contributed by atoms with E-state index in [4.69, 9.17) is 9.84 Å². The van der Waals surface area contributed by atoms with E-state index in [0.717, 1.165) is 21.9 Å². The molecule has 0 aromatic heterocycles. The van der Waals surface area contributed by atoms with Gasteiger partial charge in [0.05, 0.1) is 11.1 Å². The van der Waals surface area contributed by atoms with Crippen LogP contribution in [-0.2, 0) is 17.8 Å². The summed E-state index contributed by atoms with van der Waals surface area (Å²) in [5, 5.41) is 21.1. The van der Waals surface area contributed by atoms with Crippen molar-refractivity contribution < 1.29 is 24.5 Å². The minimum atomic E-state index is -0.980. The minimum Gasteiger partial charge on any atom is -0.508 e. The van der Waals surface area contributed by atoms with Crippen molar-refractivity contribution in [2.75, 3.05) is 0 Å². The van der Waals surface area contributed by atoms with Crippen molar-refractivity contribution in [3.05, 3.63) is 113 Å². The van der Waals surface area contributed by atoms with Crippen LogP contribution in [0.5, 0.6) is 5.75 Å². The lowest BCUT2D eigenvalue weighted by atomic mass is 9.98. The van der Waals surface area contributed by atoms with Crippen molar-refractivity contribution in [1.82, 2.24) is 0 Å². The van der Waals surface area contributed by atoms with E-state index >= 15 is 0 Å². The summed E-state index contributed by atoms with van der Waals surface area (Å²) in [6, 6.07) is 24.7. The number of carbonyl (C=O) groups excluding carboxylic acids is 1. The number of hydrogen-bond donors (Lipinski definition) is 2. The highest BCUT2D eigenvalue weighted by Crippen LogP contribution is 2.28. The van der Waals surface area contributed by atoms with Crippen LogP contribution in [0.4, 0.5) is 0 Å². The lowest BCUT2D eigenvalue weighted by molar-refractivity contribution is 0.0472. The second-order valence-corrected chi connectivity index (χ2v) is 7.28. The fraction of sp³-hybridized carbons (Fsp3) is 0.0769. The molecule has 0 heterocycles. The van der Waals surface area contributed by atoms with Gasteiger partial charge in [0.25, 0.3) is 0 Å². The standard InChI is InChI=1S/C26H20O5/c27-24-15-20-10-11-21(26(30)31-16-18-4-2-1-3-5-18)13-22(20)14-23(24)12-17-6-8-19(9-7-17)25(28)29/h1-11,13-15,27H,12,16H2,(H,28,29). The normalized spacial score (nSPS) is 10.7. The molecular formula is C26H20O5. The molecule has 0 spiro atoms. The predicted octanol–water partition coefficient (Wildman–Crippen LogP) is 5.19. The largest absolute Gasteiger partial charge is 0.508 e. The van der Waals surface area contributed by atoms with Gasteiger partial charge in [0, 0.05) is 6.42 Å². The summed E-state index contributed by atoms with van der Waals surface area (Å²) >= 11 is 0. The molecule has 5 nitrogen and oxygen atoms in total. The van der Waals surface area contributed by atoms with Gasteiger partial charge in [-0.25, -0.2) is 9.59 Å². The third-order valence-electron chi connectivity index (χ3n) is 5.08. The van der Waals surface area contributed by atoms with Crippen LogP contribution in [0.3, 0.4) is 0 Å². The molecule has 0 bridgehead atoms. The molecule has 0 aliphatic carbocycles. The van der Waals surface area contributed by atoms with Crippen molar-refractivity contribution in [3.8, 4) is 5.75 Å². The van der Waals surface area contributed by atoms with Gasteiger partial charge in [0.15, 0.2) is 0 Å². The van der Waals surface area contributed by atoms with E-state index < -0.39 is 11.9 Å². The molecule has 31 heavy (non-hydrogen) atoms. The summed E-state index contributed by atoms with van der Waals surface area (Å²) in [7, 11) is 0. The van der Waals surface area contributed by atoms with Gasteiger partial charge in [-0.1, -0.05) is 48.5 Å². The first-order valence-corrected chi connectivity index (χ1v) is 9.78. The summed E-state index contributed by atoms with van der Waals surface area (Å²) in [4.78, 5) is 23.5. The lowest BCUT2D eigenvalue weighted by Gasteiger charge is -2.10. The SMILES string of the molecule is O=C(O)c1ccc(Cc2cc3cc(C(=O)OCc4ccccc4)ccc3cc2O)cc1. The molecule has 0 unspecified atom stereocenters. The van der Waals surface area contributed by atoms with E-state index in [-0.39, 0.29) is 17.9 Å². The molecule has 0 fully saturated rings. The van der Waals surface area contributed by atoms with Crippen LogP contribution >= 0.6 is 0 Å². The van der Waals surface area contributed by atoms with Crippen LogP contribution in [0.1, 0.15) is 37.4 Å². The van der Waals surface area contributed by atoms with Gasteiger partial charge >= 0.3 is 11.9 Å². The molecule has 0 radical (unpaired) electrons. The number of aromatic carboxylic acids is 1. The topological polar surface area (TPSA) is 83.8 Å². The van der Waals surface area contributed by atoms with Gasteiger partial charge in [-0.05, 0) is 63.9 Å². The molecule has 2 N–H and O–H groups in total. The van der Waals surface area contributed by atoms with Gasteiger partial charge in [-0.3, -0.25) is 0 Å². The van der Waals surface area contributed by atoms with Gasteiger partial charge in [0.1, 0.15) is 12.4 Å². The summed E-state index contributed by atoms with van der Waals surface area (Å²) in [5.41, 5.74) is 3.12. The van der Waals surface area contributed by atoms with E-state index in [1.165, 1.54) is 12.1 Å². The summed E-state index contributed by atoms with van der Waals surface area (Å²) in [6.45, 7) is 0.199. The molecule has 4 aromatic carbocycles. The average molecular weight is 412 g/mol. The molecule has 0 aliphatic heterocycles. The van der Waals surface area contributed by atoms with Crippen LogP contribution < -0.4 is 0 Å². The van der Waals surface area contributed by atoms with Crippen molar-refractivity contribution in [3.63, 3.8) is 0 Å². The molecule has 4 aromatic rings. The molecule has 5 heteroatoms. The number of carboxylic acids is 1. The summed E-state index contributed by atoms with van der Waals surface area (Å²) in [5.74, 6) is -1.24. The number of ether oxygens (including phenoxy) is 1. The van der Waals surface area contributed by atoms with Gasteiger partial charge < -0.3 is 14.9 Å². The number of esters is 1. The first-order valence-electron chi connectivity index (χ1n) is 9.78. The highest BCUT2D eigenvalue weighted by Gasteiger charge is 2.11. The Morgan fingerprint density at radius 2 is 1.45 bits per heavy atom. The van der Waals surface area contributed by atoms with E-state index in [1.807, 2.05) is 36.4 Å². The van der Waals surface area contributed by atoms with Crippen molar-refractivity contribution in [2.45, 2.75) is 13.0 Å². The number of rotatable bonds is 6. The molecule has 0 saturated carbocycles. The van der Waals surface area contributed by atoms with Crippen LogP contribution in [0.25, 0.3) is 10.8 Å². The Balaban J connectivity index is 1.55. The quantitative estimate of drug-likeness (QED) is 0.426. The smallest absolute Gasteiger partial charge is 0.338 e. The number of aromatic hydroxyl groups is 1. The molecule has 4 rings (SSSR count). The number of hydrogen-bond acceptors (Lipinski definition) is 4. The number of phenolic OH excluding ortho intramolecular Hbond substituents is 1. The highest BCUT2D eigenvalue weighted by atomic mass is 16.5. The number of fused-ring (bicyclic) bond motifs is 1. The Kier molecular flexibility index (Phi) is 5.67. The maximum Gasteiger partial charge on any atom is 0.338 e. The Morgan fingerprint density at radius 1 is 0.742 bits per heavy atom. The zero-order valence-electron chi connectivity index (χ0n) is 16.6. The number of phenols is 1. The lowest BCUT2D eigenvalue weighted by Crippen LogP contribution is -2.05. The number of benzene rings is 4. The van der Waals surface area contributed by atoms with Crippen LogP contribution in [0, 0.1) is 0 Å². The molecule has 0 amide bonds. The fourth-order valence-corrected chi connectivity index (χ4v) is 3.39. The first-order chi connectivity index (χ1) is 15.0.